The summed E-state index contributed by atoms with van der Waals surface area (Å²) >= 11 is 1.42. The molecule has 1 aliphatic carbocycles. The van der Waals surface area contributed by atoms with Crippen molar-refractivity contribution in [1.29, 1.82) is 0 Å². The van der Waals surface area contributed by atoms with Crippen molar-refractivity contribution in [2.24, 2.45) is 0 Å². The van der Waals surface area contributed by atoms with Crippen molar-refractivity contribution in [3.05, 3.63) is 0 Å². The van der Waals surface area contributed by atoms with Crippen LogP contribution in [0.3, 0.4) is 0 Å². The molecule has 24 heavy (non-hydrogen) atoms. The molecular formula is C16H23N5O2S. The van der Waals surface area contributed by atoms with Gasteiger partial charge in [-0.25, -0.2) is 0 Å². The topological polar surface area (TPSA) is 78.4 Å². The third kappa shape index (κ3) is 2.99. The van der Waals surface area contributed by atoms with Gasteiger partial charge in [-0.15, -0.1) is 10.2 Å². The Bertz CT molecular complexity index is 628. The lowest BCUT2D eigenvalue weighted by Gasteiger charge is -2.24. The van der Waals surface area contributed by atoms with Crippen LogP contribution in [-0.4, -0.2) is 47.2 Å². The normalized spacial score (nSPS) is 25.0. The van der Waals surface area contributed by atoms with Crippen LogP contribution < -0.4 is 15.1 Å². The zero-order valence-corrected chi connectivity index (χ0v) is 14.6. The Morgan fingerprint density at radius 1 is 1.04 bits per heavy atom. The average molecular weight is 349 g/mol. The molecule has 1 N–H and O–H groups in total. The molecule has 2 amide bonds. The summed E-state index contributed by atoms with van der Waals surface area (Å²) in [6.45, 7) is 1.55. The molecule has 0 spiro atoms. The van der Waals surface area contributed by atoms with E-state index in [1.54, 1.807) is 4.90 Å². The van der Waals surface area contributed by atoms with Crippen LogP contribution in [0.1, 0.15) is 51.4 Å². The molecule has 1 aromatic heterocycles. The summed E-state index contributed by atoms with van der Waals surface area (Å²) < 4.78 is 0. The maximum atomic E-state index is 12.6. The van der Waals surface area contributed by atoms with Gasteiger partial charge in [-0.05, 0) is 32.1 Å². The maximum Gasteiger partial charge on any atom is 0.243 e. The third-order valence-electron chi connectivity index (χ3n) is 5.21. The van der Waals surface area contributed by atoms with E-state index in [9.17, 15) is 9.59 Å². The van der Waals surface area contributed by atoms with Crippen molar-refractivity contribution in [2.75, 3.05) is 22.9 Å². The first-order chi connectivity index (χ1) is 11.7. The molecule has 2 aliphatic heterocycles. The van der Waals surface area contributed by atoms with E-state index in [0.717, 1.165) is 50.3 Å². The molecule has 0 radical (unpaired) electrons. The highest BCUT2D eigenvalue weighted by atomic mass is 32.1. The molecule has 3 heterocycles. The minimum atomic E-state index is -0.152. The van der Waals surface area contributed by atoms with Gasteiger partial charge in [-0.1, -0.05) is 24.2 Å². The van der Waals surface area contributed by atoms with Gasteiger partial charge >= 0.3 is 0 Å². The Hall–Kier alpha value is -1.70. The lowest BCUT2D eigenvalue weighted by atomic mass is 10.2. The Morgan fingerprint density at radius 2 is 1.83 bits per heavy atom. The van der Waals surface area contributed by atoms with Crippen LogP contribution in [0, 0.1) is 0 Å². The molecule has 3 fully saturated rings. The van der Waals surface area contributed by atoms with Gasteiger partial charge < -0.3 is 10.2 Å². The standard InChI is InChI=1S/C16H23N5O2S/c22-13-8-4-10-21(13)16-19-18-15(24-16)20-9-3-7-12(20)14(23)17-11-5-1-2-6-11/h11-12H,1-10H2,(H,17,23)/t12-/m1/s1. The highest BCUT2D eigenvalue weighted by Crippen LogP contribution is 2.34. The number of rotatable bonds is 4. The van der Waals surface area contributed by atoms with Gasteiger partial charge in [0.15, 0.2) is 0 Å². The molecule has 7 nitrogen and oxygen atoms in total. The van der Waals surface area contributed by atoms with Gasteiger partial charge in [0, 0.05) is 25.6 Å². The number of nitrogens with one attached hydrogen (secondary N) is 1. The second-order valence-electron chi connectivity index (χ2n) is 6.86. The molecule has 8 heteroatoms. The predicted octanol–water partition coefficient (Wildman–Crippen LogP) is 1.69. The first kappa shape index (κ1) is 15.8. The van der Waals surface area contributed by atoms with Crippen LogP contribution in [0.15, 0.2) is 0 Å². The molecule has 3 aliphatic rings. The number of hydrogen-bond acceptors (Lipinski definition) is 6. The molecule has 0 bridgehead atoms. The van der Waals surface area contributed by atoms with Crippen LogP contribution in [0.2, 0.25) is 0 Å². The van der Waals surface area contributed by atoms with Crippen molar-refractivity contribution in [1.82, 2.24) is 15.5 Å². The number of carbonyl (C=O) groups excluding carboxylic acids is 2. The molecular weight excluding hydrogens is 326 g/mol. The number of amides is 2. The summed E-state index contributed by atoms with van der Waals surface area (Å²) in [4.78, 5) is 28.3. The zero-order chi connectivity index (χ0) is 16.5. The highest BCUT2D eigenvalue weighted by Gasteiger charge is 2.35. The van der Waals surface area contributed by atoms with Gasteiger partial charge in [0.1, 0.15) is 6.04 Å². The maximum absolute atomic E-state index is 12.6. The number of nitrogens with zero attached hydrogens (tertiary/aromatic N) is 4. The van der Waals surface area contributed by atoms with Crippen molar-refractivity contribution >= 4 is 33.4 Å². The number of aromatic nitrogens is 2. The number of anilines is 2. The van der Waals surface area contributed by atoms with Gasteiger partial charge in [0.05, 0.1) is 0 Å². The van der Waals surface area contributed by atoms with Crippen LogP contribution in [0.25, 0.3) is 0 Å². The van der Waals surface area contributed by atoms with E-state index in [1.165, 1.54) is 24.2 Å². The zero-order valence-electron chi connectivity index (χ0n) is 13.7. The van der Waals surface area contributed by atoms with Gasteiger partial charge in [-0.3, -0.25) is 14.5 Å². The van der Waals surface area contributed by atoms with E-state index >= 15 is 0 Å². The van der Waals surface area contributed by atoms with Crippen molar-refractivity contribution in [3.8, 4) is 0 Å². The summed E-state index contributed by atoms with van der Waals surface area (Å²) in [5.41, 5.74) is 0. The SMILES string of the molecule is O=C(NC1CCCC1)[C@H]1CCCN1c1nnc(N2CCCC2=O)s1. The highest BCUT2D eigenvalue weighted by molar-refractivity contribution is 7.19. The molecule has 0 aromatic carbocycles. The first-order valence-electron chi connectivity index (χ1n) is 8.93. The van der Waals surface area contributed by atoms with E-state index in [4.69, 9.17) is 0 Å². The van der Waals surface area contributed by atoms with Crippen LogP contribution in [-0.2, 0) is 9.59 Å². The van der Waals surface area contributed by atoms with Crippen molar-refractivity contribution < 1.29 is 9.59 Å². The summed E-state index contributed by atoms with van der Waals surface area (Å²) in [6.07, 6.45) is 7.92. The molecule has 130 valence electrons. The predicted molar refractivity (Wildman–Crippen MR) is 92.3 cm³/mol. The van der Waals surface area contributed by atoms with E-state index in [1.807, 2.05) is 0 Å². The van der Waals surface area contributed by atoms with Gasteiger partial charge in [0.25, 0.3) is 0 Å². The second kappa shape index (κ2) is 6.66. The molecule has 1 atom stereocenters. The summed E-state index contributed by atoms with van der Waals surface area (Å²) in [6, 6.07) is 0.188. The smallest absolute Gasteiger partial charge is 0.243 e. The summed E-state index contributed by atoms with van der Waals surface area (Å²) in [5.74, 6) is 0.239. The number of hydrogen-bond donors (Lipinski definition) is 1. The van der Waals surface area contributed by atoms with Crippen LogP contribution in [0.5, 0.6) is 0 Å². The fourth-order valence-electron chi connectivity index (χ4n) is 3.92. The van der Waals surface area contributed by atoms with Gasteiger partial charge in [-0.2, -0.15) is 0 Å². The van der Waals surface area contributed by atoms with E-state index in [-0.39, 0.29) is 17.9 Å². The lowest BCUT2D eigenvalue weighted by Crippen LogP contribution is -2.46. The van der Waals surface area contributed by atoms with Gasteiger partial charge in [0.2, 0.25) is 22.1 Å². The van der Waals surface area contributed by atoms with E-state index in [0.29, 0.717) is 17.6 Å². The number of carbonyl (C=O) groups is 2. The molecule has 2 saturated heterocycles. The summed E-state index contributed by atoms with van der Waals surface area (Å²) in [5, 5.41) is 13.1. The Morgan fingerprint density at radius 3 is 2.58 bits per heavy atom. The van der Waals surface area contributed by atoms with E-state index in [2.05, 4.69) is 20.4 Å². The van der Waals surface area contributed by atoms with Crippen LogP contribution in [0.4, 0.5) is 10.3 Å². The molecule has 1 aromatic rings. The average Bonchev–Trinajstić information content (AvgIpc) is 3.34. The summed E-state index contributed by atoms with van der Waals surface area (Å²) in [7, 11) is 0. The van der Waals surface area contributed by atoms with E-state index < -0.39 is 0 Å². The Balaban J connectivity index is 1.45. The fraction of sp³-hybridized carbons (Fsp3) is 0.750. The third-order valence-corrected chi connectivity index (χ3v) is 6.19. The van der Waals surface area contributed by atoms with Crippen molar-refractivity contribution in [2.45, 2.75) is 63.5 Å². The molecule has 1 saturated carbocycles. The Kier molecular flexibility index (Phi) is 4.39. The molecule has 0 unspecified atom stereocenters. The minimum Gasteiger partial charge on any atom is -0.352 e. The quantitative estimate of drug-likeness (QED) is 0.895. The molecule has 4 rings (SSSR count). The first-order valence-corrected chi connectivity index (χ1v) is 9.75. The van der Waals surface area contributed by atoms with Crippen LogP contribution >= 0.6 is 11.3 Å². The monoisotopic (exact) mass is 349 g/mol. The van der Waals surface area contributed by atoms with Crippen molar-refractivity contribution in [3.63, 3.8) is 0 Å². The minimum absolute atomic E-state index is 0.119. The second-order valence-corrected chi connectivity index (χ2v) is 7.79. The largest absolute Gasteiger partial charge is 0.352 e. The fourth-order valence-corrected chi connectivity index (χ4v) is 4.88. The lowest BCUT2D eigenvalue weighted by molar-refractivity contribution is -0.123. The Labute approximate surface area is 145 Å².